The molecule has 0 aliphatic rings. The minimum Gasteiger partial charge on any atom is -0.350 e. The van der Waals surface area contributed by atoms with Crippen LogP contribution < -0.4 is 0 Å². The minimum atomic E-state index is 0.828. The summed E-state index contributed by atoms with van der Waals surface area (Å²) in [7, 11) is 2.08. The van der Waals surface area contributed by atoms with Crippen LogP contribution in [0.4, 0.5) is 0 Å². The van der Waals surface area contributed by atoms with E-state index in [2.05, 4.69) is 47.2 Å². The van der Waals surface area contributed by atoms with E-state index in [1.54, 1.807) is 0 Å². The van der Waals surface area contributed by atoms with Crippen molar-refractivity contribution in [1.29, 1.82) is 0 Å². The first-order valence-electron chi connectivity index (χ1n) is 5.35. The fraction of sp³-hybridized carbons (Fsp3) is 0.154. The van der Waals surface area contributed by atoms with Gasteiger partial charge in [0.05, 0.1) is 6.54 Å². The Labute approximate surface area is 93.9 Å². The van der Waals surface area contributed by atoms with Crippen molar-refractivity contribution >= 4 is 10.9 Å². The molecule has 0 saturated heterocycles. The smallest absolute Gasteiger partial charge is 0.0680 e. The molecule has 0 fully saturated rings. The zero-order valence-electron chi connectivity index (χ0n) is 9.17. The van der Waals surface area contributed by atoms with E-state index in [-0.39, 0.29) is 0 Å². The predicted molar refractivity (Wildman–Crippen MR) is 64.2 cm³/mol. The summed E-state index contributed by atoms with van der Waals surface area (Å²) in [6.07, 6.45) is 5.97. The van der Waals surface area contributed by atoms with Gasteiger partial charge in [-0.3, -0.25) is 4.68 Å². The summed E-state index contributed by atoms with van der Waals surface area (Å²) in [4.78, 5) is 0. The molecule has 2 heterocycles. The molecular weight excluding hydrogens is 198 g/mol. The molecule has 0 N–H and O–H groups in total. The van der Waals surface area contributed by atoms with E-state index in [0.717, 1.165) is 6.54 Å². The van der Waals surface area contributed by atoms with Gasteiger partial charge in [0.2, 0.25) is 0 Å². The van der Waals surface area contributed by atoms with Gasteiger partial charge in [-0.25, -0.2) is 0 Å². The summed E-state index contributed by atoms with van der Waals surface area (Å²) in [6.45, 7) is 0.828. The minimum absolute atomic E-state index is 0.828. The molecule has 16 heavy (non-hydrogen) atoms. The number of hydrogen-bond acceptors (Lipinski definition) is 1. The second-order valence-electron chi connectivity index (χ2n) is 3.99. The third-order valence-corrected chi connectivity index (χ3v) is 2.87. The summed E-state index contributed by atoms with van der Waals surface area (Å²) < 4.78 is 4.11. The monoisotopic (exact) mass is 211 g/mol. The van der Waals surface area contributed by atoms with Crippen LogP contribution in [0.1, 0.15) is 5.56 Å². The van der Waals surface area contributed by atoms with Crippen molar-refractivity contribution in [3.63, 3.8) is 0 Å². The van der Waals surface area contributed by atoms with Crippen molar-refractivity contribution < 1.29 is 0 Å². The van der Waals surface area contributed by atoms with Gasteiger partial charge in [-0.1, -0.05) is 18.2 Å². The second-order valence-corrected chi connectivity index (χ2v) is 3.99. The van der Waals surface area contributed by atoms with E-state index in [1.165, 1.54) is 16.5 Å². The molecule has 3 aromatic rings. The van der Waals surface area contributed by atoms with Gasteiger partial charge in [-0.05, 0) is 17.7 Å². The van der Waals surface area contributed by atoms with E-state index >= 15 is 0 Å². The third-order valence-electron chi connectivity index (χ3n) is 2.87. The summed E-state index contributed by atoms with van der Waals surface area (Å²) in [5.74, 6) is 0. The Hall–Kier alpha value is -2.03. The van der Waals surface area contributed by atoms with E-state index < -0.39 is 0 Å². The fourth-order valence-electron chi connectivity index (χ4n) is 2.12. The molecule has 80 valence electrons. The van der Waals surface area contributed by atoms with Crippen LogP contribution in [0.2, 0.25) is 0 Å². The maximum Gasteiger partial charge on any atom is 0.0680 e. The zero-order valence-corrected chi connectivity index (χ0v) is 9.17. The number of benzene rings is 1. The van der Waals surface area contributed by atoms with Gasteiger partial charge >= 0.3 is 0 Å². The molecule has 1 aromatic carbocycles. The Morgan fingerprint density at radius 3 is 2.88 bits per heavy atom. The standard InChI is InChI=1S/C13H13N3/c1-15-9-11(10-16-8-4-7-14-16)12-5-2-3-6-13(12)15/h2-9H,10H2,1H3. The molecular formula is C13H13N3. The number of rotatable bonds is 2. The summed E-state index contributed by atoms with van der Waals surface area (Å²) >= 11 is 0. The molecule has 3 heteroatoms. The SMILES string of the molecule is Cn1cc(Cn2cccn2)c2ccccc21. The van der Waals surface area contributed by atoms with Gasteiger partial charge in [0.15, 0.2) is 0 Å². The molecule has 0 atom stereocenters. The van der Waals surface area contributed by atoms with Gasteiger partial charge < -0.3 is 4.57 Å². The maximum atomic E-state index is 4.23. The molecule has 3 nitrogen and oxygen atoms in total. The fourth-order valence-corrected chi connectivity index (χ4v) is 2.12. The van der Waals surface area contributed by atoms with Crippen LogP contribution in [0.5, 0.6) is 0 Å². The summed E-state index contributed by atoms with van der Waals surface area (Å²) in [6, 6.07) is 10.4. The Kier molecular flexibility index (Phi) is 2.03. The molecule has 0 radical (unpaired) electrons. The third kappa shape index (κ3) is 1.41. The van der Waals surface area contributed by atoms with Gasteiger partial charge in [-0.15, -0.1) is 0 Å². The highest BCUT2D eigenvalue weighted by Gasteiger charge is 2.05. The second kappa shape index (κ2) is 3.52. The van der Waals surface area contributed by atoms with E-state index in [4.69, 9.17) is 0 Å². The van der Waals surface area contributed by atoms with Crippen molar-refractivity contribution in [2.75, 3.05) is 0 Å². The molecule has 0 aliphatic heterocycles. The molecule has 0 bridgehead atoms. The largest absolute Gasteiger partial charge is 0.350 e. The lowest BCUT2D eigenvalue weighted by molar-refractivity contribution is 0.688. The average molecular weight is 211 g/mol. The zero-order chi connectivity index (χ0) is 11.0. The van der Waals surface area contributed by atoms with Crippen molar-refractivity contribution in [2.45, 2.75) is 6.54 Å². The van der Waals surface area contributed by atoms with Crippen molar-refractivity contribution in [2.24, 2.45) is 7.05 Å². The lowest BCUT2D eigenvalue weighted by Crippen LogP contribution is -1.98. The van der Waals surface area contributed by atoms with Crippen LogP contribution in [-0.2, 0) is 13.6 Å². The first kappa shape index (κ1) is 9.21. The van der Waals surface area contributed by atoms with Crippen molar-refractivity contribution in [1.82, 2.24) is 14.3 Å². The first-order valence-corrected chi connectivity index (χ1v) is 5.35. The molecule has 0 spiro atoms. The molecule has 2 aromatic heterocycles. The molecule has 0 saturated carbocycles. The first-order chi connectivity index (χ1) is 7.84. The predicted octanol–water partition coefficient (Wildman–Crippen LogP) is 2.42. The van der Waals surface area contributed by atoms with Crippen molar-refractivity contribution in [3.8, 4) is 0 Å². The Morgan fingerprint density at radius 1 is 1.19 bits per heavy atom. The lowest BCUT2D eigenvalue weighted by atomic mass is 10.2. The molecule has 0 unspecified atom stereocenters. The average Bonchev–Trinajstić information content (AvgIpc) is 2.90. The van der Waals surface area contributed by atoms with Gasteiger partial charge in [0.25, 0.3) is 0 Å². The Bertz CT molecular complexity index is 605. The van der Waals surface area contributed by atoms with Crippen LogP contribution >= 0.6 is 0 Å². The van der Waals surface area contributed by atoms with E-state index in [9.17, 15) is 0 Å². The number of aryl methyl sites for hydroxylation is 1. The van der Waals surface area contributed by atoms with Gasteiger partial charge in [-0.2, -0.15) is 5.10 Å². The van der Waals surface area contributed by atoms with Crippen LogP contribution in [0.15, 0.2) is 48.9 Å². The Morgan fingerprint density at radius 2 is 2.06 bits per heavy atom. The number of fused-ring (bicyclic) bond motifs is 1. The normalized spacial score (nSPS) is 11.1. The summed E-state index contributed by atoms with van der Waals surface area (Å²) in [5.41, 5.74) is 2.58. The van der Waals surface area contributed by atoms with Crippen LogP contribution in [0.3, 0.4) is 0 Å². The van der Waals surface area contributed by atoms with Gasteiger partial charge in [0.1, 0.15) is 0 Å². The topological polar surface area (TPSA) is 22.8 Å². The number of aromatic nitrogens is 3. The van der Waals surface area contributed by atoms with Gasteiger partial charge in [0, 0.05) is 36.5 Å². The number of para-hydroxylation sites is 1. The van der Waals surface area contributed by atoms with E-state index in [1.807, 2.05) is 23.1 Å². The highest BCUT2D eigenvalue weighted by molar-refractivity contribution is 5.83. The number of nitrogens with zero attached hydrogens (tertiary/aromatic N) is 3. The Balaban J connectivity index is 2.10. The van der Waals surface area contributed by atoms with Crippen LogP contribution in [0, 0.1) is 0 Å². The van der Waals surface area contributed by atoms with E-state index in [0.29, 0.717) is 0 Å². The highest BCUT2D eigenvalue weighted by atomic mass is 15.3. The number of hydrogen-bond donors (Lipinski definition) is 0. The van der Waals surface area contributed by atoms with Crippen molar-refractivity contribution in [3.05, 3.63) is 54.5 Å². The quantitative estimate of drug-likeness (QED) is 0.638. The molecule has 0 amide bonds. The highest BCUT2D eigenvalue weighted by Crippen LogP contribution is 2.20. The van der Waals surface area contributed by atoms with Crippen LogP contribution in [-0.4, -0.2) is 14.3 Å². The summed E-state index contributed by atoms with van der Waals surface area (Å²) in [5, 5.41) is 5.54. The lowest BCUT2D eigenvalue weighted by Gasteiger charge is -1.99. The molecule has 0 aliphatic carbocycles. The molecule has 3 rings (SSSR count). The maximum absolute atomic E-state index is 4.23. The van der Waals surface area contributed by atoms with Crippen LogP contribution in [0.25, 0.3) is 10.9 Å².